The summed E-state index contributed by atoms with van der Waals surface area (Å²) in [5, 5.41) is 17.1. The molecular weight excluding hydrogens is 268 g/mol. The molecule has 1 spiro atoms. The van der Waals surface area contributed by atoms with Gasteiger partial charge in [0.2, 0.25) is 0 Å². The van der Waals surface area contributed by atoms with Gasteiger partial charge < -0.3 is 10.2 Å². The monoisotopic (exact) mass is 292 g/mol. The zero-order valence-corrected chi connectivity index (χ0v) is 12.3. The third kappa shape index (κ3) is 4.02. The van der Waals surface area contributed by atoms with Crippen molar-refractivity contribution in [3.8, 4) is 0 Å². The van der Waals surface area contributed by atoms with Crippen LogP contribution in [0.1, 0.15) is 37.7 Å². The van der Waals surface area contributed by atoms with Crippen LogP contribution in [0.3, 0.4) is 0 Å². The second-order valence-electron chi connectivity index (χ2n) is 6.05. The lowest BCUT2D eigenvalue weighted by molar-refractivity contribution is -0.122. The van der Waals surface area contributed by atoms with Crippen molar-refractivity contribution in [2.45, 2.75) is 44.8 Å². The lowest BCUT2D eigenvalue weighted by Crippen LogP contribution is -2.46. The van der Waals surface area contributed by atoms with E-state index in [0.29, 0.717) is 0 Å². The number of hydrogen-bond acceptors (Lipinski definition) is 4. The number of pyridine rings is 1. The van der Waals surface area contributed by atoms with Gasteiger partial charge in [-0.3, -0.25) is 14.7 Å². The first kappa shape index (κ1) is 15.9. The molecule has 1 aromatic rings. The fourth-order valence-electron chi connectivity index (χ4n) is 3.74. The Labute approximate surface area is 125 Å². The second kappa shape index (κ2) is 7.52. The molecule has 5 nitrogen and oxygen atoms in total. The van der Waals surface area contributed by atoms with E-state index in [9.17, 15) is 5.11 Å². The number of rotatable bonds is 2. The number of piperidine rings is 1. The number of nitrogens with zero attached hydrogens (tertiary/aromatic N) is 2. The fraction of sp³-hybridized carbons (Fsp3) is 0.625. The van der Waals surface area contributed by atoms with Crippen molar-refractivity contribution >= 4 is 6.47 Å². The molecule has 5 heteroatoms. The molecule has 2 atom stereocenters. The van der Waals surface area contributed by atoms with Crippen molar-refractivity contribution in [3.63, 3.8) is 0 Å². The minimum atomic E-state index is -0.250. The van der Waals surface area contributed by atoms with Crippen LogP contribution in [0.15, 0.2) is 24.5 Å². The highest BCUT2D eigenvalue weighted by atomic mass is 16.3. The number of aliphatic hydroxyl groups is 1. The number of hydrogen-bond donors (Lipinski definition) is 2. The van der Waals surface area contributed by atoms with Crippen molar-refractivity contribution in [3.05, 3.63) is 30.1 Å². The summed E-state index contributed by atoms with van der Waals surface area (Å²) in [6.07, 6.45) is 9.49. The molecular formula is C16H24N2O3. The molecule has 1 saturated heterocycles. The Morgan fingerprint density at radius 3 is 2.62 bits per heavy atom. The Bertz CT molecular complexity index is 440. The highest BCUT2D eigenvalue weighted by molar-refractivity contribution is 5.32. The summed E-state index contributed by atoms with van der Waals surface area (Å²) >= 11 is 0. The molecule has 0 unspecified atom stereocenters. The van der Waals surface area contributed by atoms with Gasteiger partial charge >= 0.3 is 0 Å². The predicted molar refractivity (Wildman–Crippen MR) is 79.7 cm³/mol. The van der Waals surface area contributed by atoms with Crippen LogP contribution in [-0.2, 0) is 11.3 Å². The number of carbonyl (C=O) groups is 1. The Balaban J connectivity index is 0.000000497. The summed E-state index contributed by atoms with van der Waals surface area (Å²) in [6, 6.07) is 4.18. The lowest BCUT2D eigenvalue weighted by atomic mass is 9.76. The minimum absolute atomic E-state index is 0.0715. The van der Waals surface area contributed by atoms with Gasteiger partial charge in [0.15, 0.2) is 0 Å². The van der Waals surface area contributed by atoms with Crippen LogP contribution in [0.2, 0.25) is 0 Å². The molecule has 0 amide bonds. The van der Waals surface area contributed by atoms with E-state index < -0.39 is 0 Å². The van der Waals surface area contributed by atoms with Gasteiger partial charge in [0.05, 0.1) is 6.10 Å². The molecule has 1 aliphatic heterocycles. The molecule has 2 N–H and O–H groups in total. The summed E-state index contributed by atoms with van der Waals surface area (Å²) in [6.45, 7) is 2.98. The molecule has 3 rings (SSSR count). The molecule has 0 aromatic carbocycles. The molecule has 116 valence electrons. The lowest BCUT2D eigenvalue weighted by Gasteiger charge is -2.42. The van der Waals surface area contributed by atoms with Gasteiger partial charge in [-0.05, 0) is 49.9 Å². The highest BCUT2D eigenvalue weighted by Crippen LogP contribution is 2.45. The number of likely N-dealkylation sites (tertiary alicyclic amines) is 1. The third-order valence-electron chi connectivity index (χ3n) is 4.70. The van der Waals surface area contributed by atoms with Gasteiger partial charge in [-0.2, -0.15) is 0 Å². The van der Waals surface area contributed by atoms with Crippen LogP contribution < -0.4 is 0 Å². The van der Waals surface area contributed by atoms with Crippen molar-refractivity contribution in [1.29, 1.82) is 0 Å². The third-order valence-corrected chi connectivity index (χ3v) is 4.70. The highest BCUT2D eigenvalue weighted by Gasteiger charge is 2.44. The maximum atomic E-state index is 10.3. The molecule has 1 aromatic heterocycles. The smallest absolute Gasteiger partial charge is 0.290 e. The van der Waals surface area contributed by atoms with Gasteiger partial charge in [0.25, 0.3) is 6.47 Å². The van der Waals surface area contributed by atoms with Crippen LogP contribution in [0.25, 0.3) is 0 Å². The molecule has 1 saturated carbocycles. The first-order valence-electron chi connectivity index (χ1n) is 7.57. The van der Waals surface area contributed by atoms with E-state index in [4.69, 9.17) is 9.90 Å². The van der Waals surface area contributed by atoms with Crippen molar-refractivity contribution in [2.24, 2.45) is 5.41 Å². The van der Waals surface area contributed by atoms with Crippen LogP contribution in [0.5, 0.6) is 0 Å². The van der Waals surface area contributed by atoms with E-state index in [1.54, 1.807) is 0 Å². The fourth-order valence-corrected chi connectivity index (χ4v) is 3.74. The maximum Gasteiger partial charge on any atom is 0.290 e. The molecule has 21 heavy (non-hydrogen) atoms. The van der Waals surface area contributed by atoms with Crippen LogP contribution in [0, 0.1) is 5.41 Å². The zero-order valence-electron chi connectivity index (χ0n) is 12.3. The second-order valence-corrected chi connectivity index (χ2v) is 6.05. The predicted octanol–water partition coefficient (Wildman–Crippen LogP) is 1.91. The van der Waals surface area contributed by atoms with E-state index in [1.807, 2.05) is 12.4 Å². The molecule has 2 aliphatic rings. The Morgan fingerprint density at radius 1 is 1.33 bits per heavy atom. The van der Waals surface area contributed by atoms with E-state index in [1.165, 1.54) is 31.2 Å². The SMILES string of the molecule is O=CO.O[C@@H]1CCC[C@]12CCCN(Cc1ccncc1)C2. The summed E-state index contributed by atoms with van der Waals surface area (Å²) < 4.78 is 0. The van der Waals surface area contributed by atoms with Crippen LogP contribution in [0.4, 0.5) is 0 Å². The number of aliphatic hydroxyl groups excluding tert-OH is 1. The Kier molecular flexibility index (Phi) is 5.70. The van der Waals surface area contributed by atoms with E-state index in [0.717, 1.165) is 26.1 Å². The van der Waals surface area contributed by atoms with E-state index in [-0.39, 0.29) is 18.0 Å². The molecule has 1 aliphatic carbocycles. The Hall–Kier alpha value is -1.46. The summed E-state index contributed by atoms with van der Waals surface area (Å²) in [4.78, 5) is 14.9. The summed E-state index contributed by atoms with van der Waals surface area (Å²) in [5.74, 6) is 0. The first-order chi connectivity index (χ1) is 10.2. The van der Waals surface area contributed by atoms with Gasteiger partial charge in [0.1, 0.15) is 0 Å². The normalized spacial score (nSPS) is 28.9. The van der Waals surface area contributed by atoms with E-state index in [2.05, 4.69) is 22.0 Å². The Morgan fingerprint density at radius 2 is 2.00 bits per heavy atom. The van der Waals surface area contributed by atoms with E-state index >= 15 is 0 Å². The van der Waals surface area contributed by atoms with Crippen molar-refractivity contribution < 1.29 is 15.0 Å². The zero-order chi connectivity index (χ0) is 15.1. The maximum absolute atomic E-state index is 10.3. The summed E-state index contributed by atoms with van der Waals surface area (Å²) in [5.41, 5.74) is 1.53. The standard InChI is InChI=1S/C15H22N2O.CH2O2/c18-14-3-1-6-15(14)7-2-10-17(12-15)11-13-4-8-16-9-5-13;2-1-3/h4-5,8-9,14,18H,1-3,6-7,10-12H2;1H,(H,2,3)/t14-,15-;/m1./s1. The molecule has 0 radical (unpaired) electrons. The molecule has 2 fully saturated rings. The van der Waals surface area contributed by atoms with Gasteiger partial charge in [-0.1, -0.05) is 6.42 Å². The average molecular weight is 292 g/mol. The van der Waals surface area contributed by atoms with Gasteiger partial charge in [-0.25, -0.2) is 0 Å². The van der Waals surface area contributed by atoms with Gasteiger partial charge in [-0.15, -0.1) is 0 Å². The topological polar surface area (TPSA) is 73.7 Å². The number of carboxylic acid groups (broad SMARTS) is 1. The van der Waals surface area contributed by atoms with Crippen LogP contribution >= 0.6 is 0 Å². The molecule has 0 bridgehead atoms. The van der Waals surface area contributed by atoms with Crippen molar-refractivity contribution in [1.82, 2.24) is 9.88 Å². The summed E-state index contributed by atoms with van der Waals surface area (Å²) in [7, 11) is 0. The number of aromatic nitrogens is 1. The average Bonchev–Trinajstić information content (AvgIpc) is 2.82. The quantitative estimate of drug-likeness (QED) is 0.815. The van der Waals surface area contributed by atoms with Gasteiger partial charge in [0, 0.05) is 30.9 Å². The molecule has 2 heterocycles. The van der Waals surface area contributed by atoms with Crippen LogP contribution in [-0.4, -0.2) is 45.8 Å². The minimum Gasteiger partial charge on any atom is -0.483 e. The largest absolute Gasteiger partial charge is 0.483 e. The first-order valence-corrected chi connectivity index (χ1v) is 7.57. The van der Waals surface area contributed by atoms with Crippen molar-refractivity contribution in [2.75, 3.05) is 13.1 Å².